The van der Waals surface area contributed by atoms with Crippen LogP contribution in [0.25, 0.3) is 0 Å². The molecule has 1 N–H and O–H groups in total. The van der Waals surface area contributed by atoms with Crippen LogP contribution in [0.15, 0.2) is 60.9 Å². The highest BCUT2D eigenvalue weighted by Crippen LogP contribution is 2.26. The topological polar surface area (TPSA) is 73.3 Å². The third-order valence-electron chi connectivity index (χ3n) is 4.74. The zero-order chi connectivity index (χ0) is 19.3. The number of benzene rings is 2. The molecule has 0 bridgehead atoms. The zero-order valence-electron chi connectivity index (χ0n) is 15.6. The van der Waals surface area contributed by atoms with Crippen molar-refractivity contribution in [2.24, 2.45) is 0 Å². The van der Waals surface area contributed by atoms with Crippen LogP contribution in [0.4, 0.5) is 5.82 Å². The van der Waals surface area contributed by atoms with Gasteiger partial charge in [-0.3, -0.25) is 4.79 Å². The molecular formula is C22H21N3O3. The summed E-state index contributed by atoms with van der Waals surface area (Å²) in [7, 11) is 1.38. The van der Waals surface area contributed by atoms with Crippen molar-refractivity contribution in [2.75, 3.05) is 12.4 Å². The summed E-state index contributed by atoms with van der Waals surface area (Å²) >= 11 is 0. The van der Waals surface area contributed by atoms with Gasteiger partial charge in [-0.25, -0.2) is 9.97 Å². The molecule has 0 radical (unpaired) electrons. The lowest BCUT2D eigenvalue weighted by Crippen LogP contribution is -2.20. The molecule has 3 aromatic rings. The van der Waals surface area contributed by atoms with Crippen LogP contribution in [0.3, 0.4) is 0 Å². The molecule has 0 aliphatic heterocycles. The predicted molar refractivity (Wildman–Crippen MR) is 106 cm³/mol. The molecule has 1 aliphatic rings. The number of ether oxygens (including phenoxy) is 2. The monoisotopic (exact) mass is 375 g/mol. The quantitative estimate of drug-likeness (QED) is 0.664. The van der Waals surface area contributed by atoms with Gasteiger partial charge in [-0.05, 0) is 41.7 Å². The first-order chi connectivity index (χ1) is 13.7. The molecule has 0 atom stereocenters. The average molecular weight is 375 g/mol. The van der Waals surface area contributed by atoms with Crippen molar-refractivity contribution in [3.63, 3.8) is 0 Å². The van der Waals surface area contributed by atoms with Crippen molar-refractivity contribution in [1.29, 1.82) is 0 Å². The lowest BCUT2D eigenvalue weighted by molar-refractivity contribution is -0.139. The van der Waals surface area contributed by atoms with E-state index in [1.807, 2.05) is 18.2 Å². The third-order valence-corrected chi connectivity index (χ3v) is 4.74. The van der Waals surface area contributed by atoms with Gasteiger partial charge in [-0.15, -0.1) is 0 Å². The Bertz CT molecular complexity index is 965. The van der Waals surface area contributed by atoms with Crippen LogP contribution in [0.5, 0.6) is 11.6 Å². The minimum absolute atomic E-state index is 0.201. The Kier molecular flexibility index (Phi) is 5.19. The summed E-state index contributed by atoms with van der Waals surface area (Å²) in [5.41, 5.74) is 3.58. The normalized spacial score (nSPS) is 13.0. The Labute approximate surface area is 163 Å². The number of hydrogen-bond acceptors (Lipinski definition) is 6. The van der Waals surface area contributed by atoms with E-state index in [2.05, 4.69) is 39.6 Å². The maximum Gasteiger partial charge on any atom is 0.309 e. The largest absolute Gasteiger partial charge is 0.469 e. The van der Waals surface area contributed by atoms with Crippen LogP contribution in [-0.2, 0) is 28.8 Å². The number of carbonyl (C=O) groups excluding carboxylic acids is 1. The van der Waals surface area contributed by atoms with Gasteiger partial charge in [0.2, 0.25) is 5.88 Å². The Morgan fingerprint density at radius 1 is 1.07 bits per heavy atom. The summed E-state index contributed by atoms with van der Waals surface area (Å²) in [6, 6.07) is 17.9. The van der Waals surface area contributed by atoms with Gasteiger partial charge in [0, 0.05) is 12.1 Å². The van der Waals surface area contributed by atoms with Crippen LogP contribution in [-0.4, -0.2) is 29.1 Å². The highest BCUT2D eigenvalue weighted by atomic mass is 16.5. The number of aromatic nitrogens is 2. The fourth-order valence-electron chi connectivity index (χ4n) is 3.42. The summed E-state index contributed by atoms with van der Waals surface area (Å²) in [4.78, 5) is 20.0. The van der Waals surface area contributed by atoms with Crippen molar-refractivity contribution in [3.8, 4) is 11.6 Å². The number of esters is 1. The summed E-state index contributed by atoms with van der Waals surface area (Å²) in [5, 5.41) is 3.47. The molecule has 6 nitrogen and oxygen atoms in total. The number of nitrogens with zero attached hydrogens (tertiary/aromatic N) is 2. The van der Waals surface area contributed by atoms with E-state index in [-0.39, 0.29) is 12.4 Å². The summed E-state index contributed by atoms with van der Waals surface area (Å²) in [6.45, 7) is 0. The number of hydrogen-bond donors (Lipinski definition) is 1. The number of methoxy groups -OCH3 is 1. The Hall–Kier alpha value is -3.41. The Balaban J connectivity index is 1.42. The predicted octanol–water partition coefficient (Wildman–Crippen LogP) is 3.56. The SMILES string of the molecule is COC(=O)Cc1cccc(Oc2cc(NC3Cc4ccccc4C3)ncn2)c1. The van der Waals surface area contributed by atoms with Crippen LogP contribution in [0.1, 0.15) is 16.7 Å². The van der Waals surface area contributed by atoms with E-state index in [0.29, 0.717) is 17.7 Å². The standard InChI is InChI=1S/C22H21N3O3/c1-27-22(26)10-15-5-4-8-19(9-15)28-21-13-20(23-14-24-21)25-18-11-16-6-2-3-7-17(16)12-18/h2-9,13-14,18H,10-12H2,1H3,(H,23,24,25). The van der Waals surface area contributed by atoms with Gasteiger partial charge in [-0.1, -0.05) is 36.4 Å². The molecule has 142 valence electrons. The van der Waals surface area contributed by atoms with Gasteiger partial charge >= 0.3 is 5.97 Å². The first kappa shape index (κ1) is 18.0. The molecule has 0 saturated carbocycles. The fraction of sp³-hybridized carbons (Fsp3) is 0.227. The first-order valence-corrected chi connectivity index (χ1v) is 9.18. The van der Waals surface area contributed by atoms with Gasteiger partial charge in [0.05, 0.1) is 13.5 Å². The third kappa shape index (κ3) is 4.28. The van der Waals surface area contributed by atoms with Crippen LogP contribution in [0, 0.1) is 0 Å². The molecule has 0 amide bonds. The molecule has 4 rings (SSSR count). The molecule has 1 aliphatic carbocycles. The molecule has 0 saturated heterocycles. The number of nitrogens with one attached hydrogen (secondary N) is 1. The second kappa shape index (κ2) is 8.08. The van der Waals surface area contributed by atoms with Gasteiger partial charge in [-0.2, -0.15) is 0 Å². The smallest absolute Gasteiger partial charge is 0.309 e. The van der Waals surface area contributed by atoms with Gasteiger partial charge < -0.3 is 14.8 Å². The Morgan fingerprint density at radius 3 is 2.61 bits per heavy atom. The van der Waals surface area contributed by atoms with E-state index in [4.69, 9.17) is 9.47 Å². The average Bonchev–Trinajstić information content (AvgIpc) is 3.10. The van der Waals surface area contributed by atoms with E-state index in [1.165, 1.54) is 24.6 Å². The van der Waals surface area contributed by atoms with E-state index >= 15 is 0 Å². The molecule has 6 heteroatoms. The first-order valence-electron chi connectivity index (χ1n) is 9.18. The molecule has 0 unspecified atom stereocenters. The van der Waals surface area contributed by atoms with E-state index in [1.54, 1.807) is 12.1 Å². The zero-order valence-corrected chi connectivity index (χ0v) is 15.6. The maximum atomic E-state index is 11.5. The van der Waals surface area contributed by atoms with E-state index in [9.17, 15) is 4.79 Å². The molecule has 28 heavy (non-hydrogen) atoms. The van der Waals surface area contributed by atoms with Crippen LogP contribution >= 0.6 is 0 Å². The van der Waals surface area contributed by atoms with Crippen molar-refractivity contribution in [2.45, 2.75) is 25.3 Å². The molecule has 0 spiro atoms. The number of carbonyl (C=O) groups is 1. The second-order valence-electron chi connectivity index (χ2n) is 6.76. The molecule has 1 aromatic heterocycles. The number of fused-ring (bicyclic) bond motifs is 1. The van der Waals surface area contributed by atoms with Gasteiger partial charge in [0.15, 0.2) is 0 Å². The second-order valence-corrected chi connectivity index (χ2v) is 6.76. The van der Waals surface area contributed by atoms with Crippen molar-refractivity contribution in [1.82, 2.24) is 9.97 Å². The molecule has 1 heterocycles. The summed E-state index contributed by atoms with van der Waals surface area (Å²) in [5.74, 6) is 1.50. The minimum Gasteiger partial charge on any atom is -0.469 e. The molecule has 0 fully saturated rings. The lowest BCUT2D eigenvalue weighted by atomic mass is 10.1. The van der Waals surface area contributed by atoms with E-state index in [0.717, 1.165) is 24.2 Å². The Morgan fingerprint density at radius 2 is 1.86 bits per heavy atom. The van der Waals surface area contributed by atoms with Crippen LogP contribution in [0.2, 0.25) is 0 Å². The van der Waals surface area contributed by atoms with E-state index < -0.39 is 0 Å². The lowest BCUT2D eigenvalue weighted by Gasteiger charge is -2.13. The minimum atomic E-state index is -0.289. The van der Waals surface area contributed by atoms with Crippen molar-refractivity contribution in [3.05, 3.63) is 77.6 Å². The molecule has 2 aromatic carbocycles. The number of rotatable bonds is 6. The highest BCUT2D eigenvalue weighted by Gasteiger charge is 2.21. The fourth-order valence-corrected chi connectivity index (χ4v) is 3.42. The van der Waals surface area contributed by atoms with Gasteiger partial charge in [0.1, 0.15) is 17.9 Å². The highest BCUT2D eigenvalue weighted by molar-refractivity contribution is 5.72. The summed E-state index contributed by atoms with van der Waals surface area (Å²) < 4.78 is 10.6. The molecular weight excluding hydrogens is 354 g/mol. The van der Waals surface area contributed by atoms with Crippen LogP contribution < -0.4 is 10.1 Å². The summed E-state index contributed by atoms with van der Waals surface area (Å²) in [6.07, 6.45) is 3.64. The number of anilines is 1. The van der Waals surface area contributed by atoms with Gasteiger partial charge in [0.25, 0.3) is 0 Å². The van der Waals surface area contributed by atoms with Crippen molar-refractivity contribution < 1.29 is 14.3 Å². The maximum absolute atomic E-state index is 11.5. The van der Waals surface area contributed by atoms with Crippen molar-refractivity contribution >= 4 is 11.8 Å².